The Morgan fingerprint density at radius 3 is 1.54 bits per heavy atom. The van der Waals surface area contributed by atoms with Crippen molar-refractivity contribution in [3.05, 3.63) is 0 Å². The van der Waals surface area contributed by atoms with E-state index in [-0.39, 0.29) is 0 Å². The van der Waals surface area contributed by atoms with Crippen molar-refractivity contribution < 1.29 is 119 Å². The second-order valence-corrected chi connectivity index (χ2v) is 14.8. The molecular weight excluding hydrogens is 782 g/mol. The lowest BCUT2D eigenvalue weighted by Crippen LogP contribution is -2.71. The van der Waals surface area contributed by atoms with E-state index in [4.69, 9.17) is 47.4 Å². The number of hydrogen-bond donors (Lipinski definition) is 14. The van der Waals surface area contributed by atoms with Gasteiger partial charge in [-0.1, -0.05) is 0 Å². The molecule has 0 radical (unpaired) electrons. The minimum atomic E-state index is -2.06. The third-order valence-electron chi connectivity index (χ3n) is 10.9. The lowest BCUT2D eigenvalue weighted by molar-refractivity contribution is -0.415. The number of rotatable bonds is 7. The van der Waals surface area contributed by atoms with Gasteiger partial charge in [-0.3, -0.25) is 4.79 Å². The number of carbonyl (C=O) groups is 1. The van der Waals surface area contributed by atoms with Crippen LogP contribution in [0.15, 0.2) is 0 Å². The average molecular weight is 836 g/mol. The highest BCUT2D eigenvalue weighted by Gasteiger charge is 2.58. The average Bonchev–Trinajstić information content (AvgIpc) is 3.18. The molecule has 0 aromatic heterocycles. The number of aliphatic hydroxyl groups excluding tert-OH is 13. The smallest absolute Gasteiger partial charge is 0.217 e. The van der Waals surface area contributed by atoms with Gasteiger partial charge in [-0.15, -0.1) is 0 Å². The normalized spacial score (nSPS) is 53.5. The molecule has 25 nitrogen and oxygen atoms in total. The summed E-state index contributed by atoms with van der Waals surface area (Å²) in [6.07, 6.45) is -43.1. The fourth-order valence-corrected chi connectivity index (χ4v) is 7.78. The van der Waals surface area contributed by atoms with Crippen molar-refractivity contribution in [2.24, 2.45) is 0 Å². The summed E-state index contributed by atoms with van der Waals surface area (Å²) in [5.41, 5.74) is 0. The molecule has 10 saturated heterocycles. The number of amides is 1. The van der Waals surface area contributed by atoms with Gasteiger partial charge in [0.2, 0.25) is 5.91 Å². The first-order valence-electron chi connectivity index (χ1n) is 18.4. The van der Waals surface area contributed by atoms with Gasteiger partial charge in [0.25, 0.3) is 0 Å². The molecule has 25 heteroatoms. The summed E-state index contributed by atoms with van der Waals surface area (Å²) in [4.78, 5) is 12.3. The fraction of sp³-hybridized carbons (Fsp3) is 0.969. The van der Waals surface area contributed by atoms with Gasteiger partial charge in [0.15, 0.2) is 31.5 Å². The Morgan fingerprint density at radius 2 is 0.947 bits per heavy atom. The van der Waals surface area contributed by atoms with E-state index < -0.39 is 186 Å². The third-order valence-corrected chi connectivity index (χ3v) is 10.9. The standard InChI is InChI=1S/C32H53NO24/c1-7-23-18(43)21(46)29(48-7)57-27-26(56-30-20(45)17(42)14(39)9(3-34)49-30)15(40)10(4-35)50-32(27)55-25-12(6-37)52-31(22(47)19(25)44)54-24-11(5-36)51-28(53-23)13(16(24)41)33-8(2)38/h7,9-32,34-37,39-47H,3-6H2,1-2H3,(H,33,38)/t7-,9+,10+,11+,12+,13+,14-,15-,16+,17-,18-,19+,20+,21-,22+,23+,24+,25-,26-,27+,28-,29-,30+,31-,32-/m0/s1. The van der Waals surface area contributed by atoms with Gasteiger partial charge >= 0.3 is 0 Å². The van der Waals surface area contributed by atoms with Crippen LogP contribution >= 0.6 is 0 Å². The third kappa shape index (κ3) is 8.84. The molecule has 0 aromatic carbocycles. The quantitative estimate of drug-likeness (QED) is 0.113. The Morgan fingerprint density at radius 1 is 0.474 bits per heavy atom. The van der Waals surface area contributed by atoms with Gasteiger partial charge in [-0.25, -0.2) is 0 Å². The Kier molecular flexibility index (Phi) is 14.8. The molecule has 330 valence electrons. The van der Waals surface area contributed by atoms with Crippen molar-refractivity contribution in [2.75, 3.05) is 26.4 Å². The molecule has 0 aromatic rings. The van der Waals surface area contributed by atoms with Crippen molar-refractivity contribution in [3.63, 3.8) is 0 Å². The van der Waals surface area contributed by atoms with Crippen LogP contribution in [-0.4, -0.2) is 252 Å². The maximum Gasteiger partial charge on any atom is 0.217 e. The van der Waals surface area contributed by atoms with Crippen LogP contribution in [0.25, 0.3) is 0 Å². The lowest BCUT2D eigenvalue weighted by atomic mass is 9.94. The highest BCUT2D eigenvalue weighted by molar-refractivity contribution is 5.73. The molecule has 6 bridgehead atoms. The maximum absolute atomic E-state index is 12.3. The summed E-state index contributed by atoms with van der Waals surface area (Å²) < 4.78 is 58.7. The molecule has 10 fully saturated rings. The van der Waals surface area contributed by atoms with Crippen LogP contribution in [-0.2, 0) is 52.2 Å². The molecule has 14 N–H and O–H groups in total. The lowest BCUT2D eigenvalue weighted by Gasteiger charge is -2.52. The van der Waals surface area contributed by atoms with Gasteiger partial charge in [-0.05, 0) is 6.92 Å². The number of carbonyl (C=O) groups excluding carboxylic acids is 1. The first kappa shape index (κ1) is 45.1. The van der Waals surface area contributed by atoms with Crippen molar-refractivity contribution >= 4 is 5.91 Å². The summed E-state index contributed by atoms with van der Waals surface area (Å²) in [5.74, 6) is -0.693. The molecule has 0 aliphatic carbocycles. The highest BCUT2D eigenvalue weighted by Crippen LogP contribution is 2.38. The summed E-state index contributed by atoms with van der Waals surface area (Å²) in [6, 6.07) is -1.50. The van der Waals surface area contributed by atoms with Crippen molar-refractivity contribution in [1.82, 2.24) is 5.32 Å². The predicted octanol–water partition coefficient (Wildman–Crippen LogP) is -9.71. The molecule has 10 heterocycles. The van der Waals surface area contributed by atoms with Gasteiger partial charge in [0.05, 0.1) is 32.5 Å². The van der Waals surface area contributed by atoms with Crippen molar-refractivity contribution in [2.45, 2.75) is 167 Å². The summed E-state index contributed by atoms with van der Waals surface area (Å²) in [6.45, 7) is -1.12. The monoisotopic (exact) mass is 835 g/mol. The van der Waals surface area contributed by atoms with E-state index in [1.807, 2.05) is 0 Å². The minimum Gasteiger partial charge on any atom is -0.394 e. The van der Waals surface area contributed by atoms with Crippen LogP contribution in [0, 0.1) is 0 Å². The number of aliphatic hydroxyl groups is 13. The van der Waals surface area contributed by atoms with E-state index in [1.165, 1.54) is 6.92 Å². The Balaban J connectivity index is 1.41. The van der Waals surface area contributed by atoms with E-state index in [0.717, 1.165) is 6.92 Å². The number of ether oxygens (including phenoxy) is 10. The molecular formula is C32H53NO24. The SMILES string of the molecule is CC(=O)N[C@H]1[C@@H]2O[C@H]3[C@@H](O)[C@H](O)[C@H](O[C@H]4[C@H](O[C@@H]5[C@H](O)[C@@H](O)[C@H](O[C@@H]([C@@H]1O)[C@@H](CO)O2)O[C@@H]5CO)O[C@H](CO)[C@H](O)[C@@H]4O[C@H]1O[C@H](CO)[C@H](O)[C@H](O)[C@H]1O)O[C@H]3C. The van der Waals surface area contributed by atoms with Crippen LogP contribution in [0.4, 0.5) is 0 Å². The van der Waals surface area contributed by atoms with Gasteiger partial charge < -0.3 is 119 Å². The molecule has 10 rings (SSSR count). The predicted molar refractivity (Wildman–Crippen MR) is 173 cm³/mol. The van der Waals surface area contributed by atoms with Crippen LogP contribution in [0.1, 0.15) is 13.8 Å². The second-order valence-electron chi connectivity index (χ2n) is 14.8. The largest absolute Gasteiger partial charge is 0.394 e. The Labute approximate surface area is 323 Å². The zero-order valence-electron chi connectivity index (χ0n) is 30.6. The molecule has 10 aliphatic heterocycles. The van der Waals surface area contributed by atoms with Crippen LogP contribution < -0.4 is 5.32 Å². The molecule has 1 amide bonds. The van der Waals surface area contributed by atoms with E-state index >= 15 is 0 Å². The summed E-state index contributed by atoms with van der Waals surface area (Å²) >= 11 is 0. The second kappa shape index (κ2) is 18.7. The number of hydrogen-bond acceptors (Lipinski definition) is 24. The Hall–Kier alpha value is -1.45. The highest BCUT2D eigenvalue weighted by atomic mass is 16.8. The van der Waals surface area contributed by atoms with Crippen LogP contribution in [0.2, 0.25) is 0 Å². The van der Waals surface area contributed by atoms with Crippen molar-refractivity contribution in [3.8, 4) is 0 Å². The van der Waals surface area contributed by atoms with Gasteiger partial charge in [0.1, 0.15) is 116 Å². The van der Waals surface area contributed by atoms with Crippen molar-refractivity contribution in [1.29, 1.82) is 0 Å². The van der Waals surface area contributed by atoms with Crippen LogP contribution in [0.3, 0.4) is 0 Å². The first-order chi connectivity index (χ1) is 27.0. The zero-order chi connectivity index (χ0) is 41.6. The molecule has 25 atom stereocenters. The zero-order valence-corrected chi connectivity index (χ0v) is 30.6. The summed E-state index contributed by atoms with van der Waals surface area (Å²) in [5, 5.41) is 143. The van der Waals surface area contributed by atoms with E-state index in [0.29, 0.717) is 0 Å². The maximum atomic E-state index is 12.3. The van der Waals surface area contributed by atoms with E-state index in [2.05, 4.69) is 5.32 Å². The van der Waals surface area contributed by atoms with Gasteiger partial charge in [-0.2, -0.15) is 0 Å². The minimum absolute atomic E-state index is 0.693. The van der Waals surface area contributed by atoms with Crippen LogP contribution in [0.5, 0.6) is 0 Å². The molecule has 0 spiro atoms. The fourth-order valence-electron chi connectivity index (χ4n) is 7.78. The van der Waals surface area contributed by atoms with E-state index in [9.17, 15) is 71.2 Å². The molecule has 10 aliphatic rings. The van der Waals surface area contributed by atoms with E-state index in [1.54, 1.807) is 0 Å². The summed E-state index contributed by atoms with van der Waals surface area (Å²) in [7, 11) is 0. The molecule has 0 saturated carbocycles. The Bertz CT molecular complexity index is 1320. The first-order valence-corrected chi connectivity index (χ1v) is 18.4. The topological polar surface area (TPSA) is 384 Å². The van der Waals surface area contributed by atoms with Gasteiger partial charge in [0, 0.05) is 6.92 Å². The molecule has 0 unspecified atom stereocenters. The molecule has 57 heavy (non-hydrogen) atoms. The number of nitrogens with one attached hydrogen (secondary N) is 1. The number of fused-ring (bicyclic) bond motifs is 1.